The molecule has 1 N–H and O–H groups in total. The van der Waals surface area contributed by atoms with Gasteiger partial charge in [-0.15, -0.1) is 0 Å². The van der Waals surface area contributed by atoms with Gasteiger partial charge in [0, 0.05) is 25.6 Å². The zero-order valence-electron chi connectivity index (χ0n) is 22.0. The van der Waals surface area contributed by atoms with Crippen LogP contribution in [0.2, 0.25) is 0 Å². The van der Waals surface area contributed by atoms with Crippen LogP contribution in [0.5, 0.6) is 0 Å². The molecule has 3 atom stereocenters. The number of ether oxygens (including phenoxy) is 3. The van der Waals surface area contributed by atoms with Crippen LogP contribution in [0.1, 0.15) is 74.7 Å². The molecule has 8 nitrogen and oxygen atoms in total. The third kappa shape index (κ3) is 10.0. The molecular weight excluding hydrogens is 436 g/mol. The lowest BCUT2D eigenvalue weighted by Crippen LogP contribution is -2.49. The smallest absolute Gasteiger partial charge is 0.411 e. The van der Waals surface area contributed by atoms with Crippen LogP contribution in [0.3, 0.4) is 0 Å². The largest absolute Gasteiger partial charge is 0.492 e. The van der Waals surface area contributed by atoms with Crippen LogP contribution >= 0.6 is 0 Å². The predicted octanol–water partition coefficient (Wildman–Crippen LogP) is 4.86. The van der Waals surface area contributed by atoms with Crippen LogP contribution in [-0.2, 0) is 23.8 Å². The Morgan fingerprint density at radius 3 is 2.21 bits per heavy atom. The summed E-state index contributed by atoms with van der Waals surface area (Å²) in [6, 6.07) is -1.09. The molecule has 0 aromatic rings. The van der Waals surface area contributed by atoms with Crippen molar-refractivity contribution in [2.45, 2.75) is 97.9 Å². The zero-order chi connectivity index (χ0) is 26.1. The predicted molar refractivity (Wildman–Crippen MR) is 132 cm³/mol. The normalized spacial score (nSPS) is 21.4. The molecule has 1 saturated heterocycles. The van der Waals surface area contributed by atoms with Crippen LogP contribution in [0.15, 0.2) is 36.8 Å². The Bertz CT molecular complexity index is 788. The van der Waals surface area contributed by atoms with Gasteiger partial charge in [-0.25, -0.2) is 9.59 Å². The Hall–Kier alpha value is -2.77. The Kier molecular flexibility index (Phi) is 10.9. The number of nitrogens with zero attached hydrogens (tertiary/aromatic N) is 1. The van der Waals surface area contributed by atoms with Gasteiger partial charge in [0.05, 0.1) is 0 Å². The number of amides is 2. The summed E-state index contributed by atoms with van der Waals surface area (Å²) in [6.07, 6.45) is 7.88. The third-order valence-electron chi connectivity index (χ3n) is 4.92. The molecular formula is C26H42N2O6. The van der Waals surface area contributed by atoms with Gasteiger partial charge < -0.3 is 19.5 Å². The quantitative estimate of drug-likeness (QED) is 0.289. The first-order valence-electron chi connectivity index (χ1n) is 11.7. The third-order valence-corrected chi connectivity index (χ3v) is 4.92. The highest BCUT2D eigenvalue weighted by Gasteiger charge is 2.48. The van der Waals surface area contributed by atoms with E-state index in [-0.39, 0.29) is 24.5 Å². The second-order valence-electron chi connectivity index (χ2n) is 10.4. The Morgan fingerprint density at radius 1 is 1.09 bits per heavy atom. The average Bonchev–Trinajstić information content (AvgIpc) is 3.03. The SMILES string of the molecule is C=CCO/C(=C\NC(C)=O)CC[C@@H]1[C@H](/C=C\C)C[C@H](C(=O)OC(C)(C)C)N1C(=O)OC(C)(C)C. The minimum atomic E-state index is -0.767. The number of carbonyl (C=O) groups is 3. The molecule has 1 heterocycles. The van der Waals surface area contributed by atoms with Gasteiger partial charge in [0.2, 0.25) is 5.91 Å². The minimum absolute atomic E-state index is 0.0727. The van der Waals surface area contributed by atoms with Crippen molar-refractivity contribution in [1.29, 1.82) is 0 Å². The van der Waals surface area contributed by atoms with E-state index in [0.717, 1.165) is 0 Å². The topological polar surface area (TPSA) is 94.2 Å². The fourth-order valence-electron chi connectivity index (χ4n) is 3.75. The molecule has 1 aliphatic rings. The summed E-state index contributed by atoms with van der Waals surface area (Å²) in [7, 11) is 0. The highest BCUT2D eigenvalue weighted by atomic mass is 16.6. The second kappa shape index (κ2) is 12.6. The van der Waals surface area contributed by atoms with Crippen molar-refractivity contribution in [2.75, 3.05) is 6.61 Å². The Morgan fingerprint density at radius 2 is 1.71 bits per heavy atom. The molecule has 0 aromatic heterocycles. The summed E-state index contributed by atoms with van der Waals surface area (Å²) in [4.78, 5) is 39.3. The van der Waals surface area contributed by atoms with Crippen molar-refractivity contribution < 1.29 is 28.6 Å². The highest BCUT2D eigenvalue weighted by molar-refractivity contribution is 5.83. The second-order valence-corrected chi connectivity index (χ2v) is 10.4. The van der Waals surface area contributed by atoms with E-state index in [1.165, 1.54) is 18.0 Å². The van der Waals surface area contributed by atoms with E-state index in [9.17, 15) is 14.4 Å². The molecule has 0 aromatic carbocycles. The van der Waals surface area contributed by atoms with Gasteiger partial charge in [0.1, 0.15) is 29.6 Å². The lowest BCUT2D eigenvalue weighted by molar-refractivity contribution is -0.160. The average molecular weight is 479 g/mol. The maximum absolute atomic E-state index is 13.3. The fraction of sp³-hybridized carbons (Fsp3) is 0.654. The molecule has 1 rings (SSSR count). The molecule has 34 heavy (non-hydrogen) atoms. The van der Waals surface area contributed by atoms with Gasteiger partial charge in [-0.1, -0.05) is 24.8 Å². The van der Waals surface area contributed by atoms with Gasteiger partial charge in [0.15, 0.2) is 0 Å². The van der Waals surface area contributed by atoms with Gasteiger partial charge in [-0.05, 0) is 67.2 Å². The first-order chi connectivity index (χ1) is 15.7. The van der Waals surface area contributed by atoms with Crippen molar-refractivity contribution in [2.24, 2.45) is 5.92 Å². The number of nitrogens with one attached hydrogen (secondary N) is 1. The molecule has 0 unspecified atom stereocenters. The molecule has 2 amide bonds. The van der Waals surface area contributed by atoms with E-state index in [1.807, 2.05) is 19.1 Å². The van der Waals surface area contributed by atoms with E-state index in [4.69, 9.17) is 14.2 Å². The molecule has 1 fully saturated rings. The van der Waals surface area contributed by atoms with Crippen molar-refractivity contribution in [3.63, 3.8) is 0 Å². The summed E-state index contributed by atoms with van der Waals surface area (Å²) in [5, 5.41) is 2.63. The van der Waals surface area contributed by atoms with Crippen molar-refractivity contribution in [1.82, 2.24) is 10.2 Å². The first-order valence-corrected chi connectivity index (χ1v) is 11.7. The molecule has 192 valence electrons. The number of hydrogen-bond donors (Lipinski definition) is 1. The molecule has 0 spiro atoms. The van der Waals surface area contributed by atoms with Gasteiger partial charge >= 0.3 is 12.1 Å². The minimum Gasteiger partial charge on any atom is -0.492 e. The number of carbonyl (C=O) groups excluding carboxylic acids is 3. The Labute approximate surface area is 204 Å². The summed E-state index contributed by atoms with van der Waals surface area (Å²) in [6.45, 7) is 18.0. The van der Waals surface area contributed by atoms with E-state index in [2.05, 4.69) is 11.9 Å². The summed E-state index contributed by atoms with van der Waals surface area (Å²) in [5.41, 5.74) is -1.40. The summed E-state index contributed by atoms with van der Waals surface area (Å²) < 4.78 is 17.0. The maximum Gasteiger partial charge on any atom is 0.411 e. The molecule has 8 heteroatoms. The van der Waals surface area contributed by atoms with Gasteiger partial charge in [0.25, 0.3) is 0 Å². The zero-order valence-corrected chi connectivity index (χ0v) is 22.0. The number of allylic oxidation sites excluding steroid dienone is 2. The van der Waals surface area contributed by atoms with E-state index in [0.29, 0.717) is 25.0 Å². The lowest BCUT2D eigenvalue weighted by atomic mass is 9.94. The number of hydrogen-bond acceptors (Lipinski definition) is 6. The van der Waals surface area contributed by atoms with Crippen LogP contribution in [-0.4, -0.2) is 52.8 Å². The monoisotopic (exact) mass is 478 g/mol. The van der Waals surface area contributed by atoms with Crippen molar-refractivity contribution in [3.8, 4) is 0 Å². The Balaban J connectivity index is 3.28. The highest BCUT2D eigenvalue weighted by Crippen LogP contribution is 2.37. The van der Waals surface area contributed by atoms with Crippen molar-refractivity contribution in [3.05, 3.63) is 36.8 Å². The number of likely N-dealkylation sites (tertiary alicyclic amines) is 1. The lowest BCUT2D eigenvalue weighted by Gasteiger charge is -2.33. The maximum atomic E-state index is 13.3. The van der Waals surface area contributed by atoms with Crippen molar-refractivity contribution >= 4 is 18.0 Å². The van der Waals surface area contributed by atoms with Crippen LogP contribution in [0.4, 0.5) is 4.79 Å². The summed E-state index contributed by atoms with van der Waals surface area (Å²) >= 11 is 0. The molecule has 0 radical (unpaired) electrons. The summed E-state index contributed by atoms with van der Waals surface area (Å²) in [5.74, 6) is -0.185. The standard InChI is InChI=1S/C26H42N2O6/c1-10-12-19-16-22(23(30)33-25(4,5)6)28(24(31)34-26(7,8)9)21(19)14-13-20(32-15-11-2)17-27-18(3)29/h10-12,17,19,21-22H,2,13-16H2,1,3-9H3,(H,27,29)/b12-10-,20-17-/t19-,21-,22-/m1/s1. The molecule has 1 aliphatic heterocycles. The van der Waals surface area contributed by atoms with E-state index >= 15 is 0 Å². The van der Waals surface area contributed by atoms with Gasteiger partial charge in [-0.3, -0.25) is 9.69 Å². The van der Waals surface area contributed by atoms with Crippen LogP contribution in [0.25, 0.3) is 0 Å². The van der Waals surface area contributed by atoms with E-state index < -0.39 is 29.3 Å². The van der Waals surface area contributed by atoms with Gasteiger partial charge in [-0.2, -0.15) is 0 Å². The fourth-order valence-corrected chi connectivity index (χ4v) is 3.75. The van der Waals surface area contributed by atoms with E-state index in [1.54, 1.807) is 47.6 Å². The first kappa shape index (κ1) is 29.3. The number of rotatable bonds is 9. The van der Waals surface area contributed by atoms with Crippen LogP contribution in [0, 0.1) is 5.92 Å². The number of esters is 1. The molecule has 0 aliphatic carbocycles. The molecule has 0 bridgehead atoms. The molecule has 0 saturated carbocycles. The van der Waals surface area contributed by atoms with Crippen LogP contribution < -0.4 is 5.32 Å².